The lowest BCUT2D eigenvalue weighted by molar-refractivity contribution is 0.0469. The molecular weight excluding hydrogens is 281 g/mol. The lowest BCUT2D eigenvalue weighted by Gasteiger charge is -2.07. The molecule has 0 saturated heterocycles. The number of aryl methyl sites for hydroxylation is 1. The van der Waals surface area contributed by atoms with Gasteiger partial charge in [0.1, 0.15) is 12.4 Å². The topological polar surface area (TPSA) is 52.3 Å². The van der Waals surface area contributed by atoms with Gasteiger partial charge in [-0.05, 0) is 42.8 Å². The molecule has 0 aliphatic heterocycles. The molecule has 0 unspecified atom stereocenters. The number of halogens is 2. The number of carbonyl (C=O) groups is 1. The van der Waals surface area contributed by atoms with E-state index >= 15 is 0 Å². The van der Waals surface area contributed by atoms with E-state index < -0.39 is 11.8 Å². The second kappa shape index (κ2) is 5.92. The summed E-state index contributed by atoms with van der Waals surface area (Å²) in [6, 6.07) is 9.13. The van der Waals surface area contributed by atoms with E-state index in [4.69, 9.17) is 22.1 Å². The number of esters is 1. The molecule has 0 spiro atoms. The summed E-state index contributed by atoms with van der Waals surface area (Å²) in [7, 11) is 0. The van der Waals surface area contributed by atoms with Crippen molar-refractivity contribution in [3.05, 3.63) is 63.9 Å². The molecule has 3 nitrogen and oxygen atoms in total. The zero-order valence-corrected chi connectivity index (χ0v) is 11.6. The number of hydrogen-bond donors (Lipinski definition) is 1. The van der Waals surface area contributed by atoms with E-state index in [1.807, 2.05) is 6.92 Å². The number of rotatable bonds is 3. The van der Waals surface area contributed by atoms with E-state index in [1.54, 1.807) is 18.2 Å². The van der Waals surface area contributed by atoms with E-state index in [2.05, 4.69) is 0 Å². The van der Waals surface area contributed by atoms with Crippen molar-refractivity contribution in [1.29, 1.82) is 0 Å². The van der Waals surface area contributed by atoms with Crippen molar-refractivity contribution in [3.8, 4) is 0 Å². The summed E-state index contributed by atoms with van der Waals surface area (Å²) in [4.78, 5) is 11.9. The highest BCUT2D eigenvalue weighted by Gasteiger charge is 2.10. The van der Waals surface area contributed by atoms with Gasteiger partial charge in [-0.2, -0.15) is 0 Å². The van der Waals surface area contributed by atoms with Crippen molar-refractivity contribution >= 4 is 23.3 Å². The van der Waals surface area contributed by atoms with Gasteiger partial charge < -0.3 is 10.5 Å². The summed E-state index contributed by atoms with van der Waals surface area (Å²) < 4.78 is 18.6. The number of benzene rings is 2. The van der Waals surface area contributed by atoms with Gasteiger partial charge in [-0.15, -0.1) is 0 Å². The third-order valence-electron chi connectivity index (χ3n) is 2.71. The molecule has 2 aromatic carbocycles. The van der Waals surface area contributed by atoms with Crippen LogP contribution in [0.4, 0.5) is 10.1 Å². The maximum absolute atomic E-state index is 13.5. The molecule has 0 radical (unpaired) electrons. The summed E-state index contributed by atoms with van der Waals surface area (Å²) in [5, 5.41) is 0.295. The molecule has 2 N–H and O–H groups in total. The summed E-state index contributed by atoms with van der Waals surface area (Å²) in [5.74, 6) is -1.05. The highest BCUT2D eigenvalue weighted by molar-refractivity contribution is 6.30. The Labute approximate surface area is 121 Å². The molecule has 2 rings (SSSR count). The maximum Gasteiger partial charge on any atom is 0.338 e. The summed E-state index contributed by atoms with van der Waals surface area (Å²) in [6.07, 6.45) is 0. The zero-order valence-electron chi connectivity index (χ0n) is 10.8. The molecule has 0 aliphatic carbocycles. The second-order valence-corrected chi connectivity index (χ2v) is 4.88. The second-order valence-electron chi connectivity index (χ2n) is 4.44. The van der Waals surface area contributed by atoms with Crippen LogP contribution in [0.25, 0.3) is 0 Å². The Balaban J connectivity index is 2.08. The van der Waals surface area contributed by atoms with E-state index in [9.17, 15) is 9.18 Å². The summed E-state index contributed by atoms with van der Waals surface area (Å²) >= 11 is 5.65. The van der Waals surface area contributed by atoms with Crippen LogP contribution in [-0.4, -0.2) is 5.97 Å². The van der Waals surface area contributed by atoms with Crippen molar-refractivity contribution in [2.75, 3.05) is 5.73 Å². The zero-order chi connectivity index (χ0) is 14.7. The number of hydrogen-bond acceptors (Lipinski definition) is 3. The van der Waals surface area contributed by atoms with E-state index in [1.165, 1.54) is 18.2 Å². The van der Waals surface area contributed by atoms with Gasteiger partial charge in [0.2, 0.25) is 0 Å². The Bertz CT molecular complexity index is 638. The first-order chi connectivity index (χ1) is 9.45. The molecule has 0 amide bonds. The third kappa shape index (κ3) is 3.48. The average Bonchev–Trinajstić information content (AvgIpc) is 2.36. The predicted octanol–water partition coefficient (Wildman–Crippen LogP) is 3.73. The Morgan fingerprint density at radius 3 is 2.70 bits per heavy atom. The van der Waals surface area contributed by atoms with Gasteiger partial charge in [0.05, 0.1) is 5.56 Å². The fourth-order valence-corrected chi connectivity index (χ4v) is 1.95. The number of nitrogens with two attached hydrogens (primary N) is 1. The van der Waals surface area contributed by atoms with Crippen LogP contribution in [0.1, 0.15) is 21.5 Å². The van der Waals surface area contributed by atoms with Gasteiger partial charge in [0.15, 0.2) is 0 Å². The van der Waals surface area contributed by atoms with Crippen molar-refractivity contribution in [2.24, 2.45) is 0 Å². The first-order valence-corrected chi connectivity index (χ1v) is 6.32. The number of nitrogen functional groups attached to an aromatic ring is 1. The molecule has 2 aromatic rings. The van der Waals surface area contributed by atoms with Crippen LogP contribution in [0.15, 0.2) is 36.4 Å². The molecular formula is C15H13ClFNO2. The summed E-state index contributed by atoms with van der Waals surface area (Å²) in [6.45, 7) is 1.67. The molecule has 0 aromatic heterocycles. The minimum absolute atomic E-state index is 0.157. The van der Waals surface area contributed by atoms with Gasteiger partial charge in [-0.3, -0.25) is 0 Å². The van der Waals surface area contributed by atoms with E-state index in [-0.39, 0.29) is 12.2 Å². The molecule has 5 heteroatoms. The Kier molecular flexibility index (Phi) is 4.25. The smallest absolute Gasteiger partial charge is 0.338 e. The molecule has 0 atom stereocenters. The van der Waals surface area contributed by atoms with Crippen LogP contribution in [0.5, 0.6) is 0 Å². The molecule has 20 heavy (non-hydrogen) atoms. The Morgan fingerprint density at radius 1 is 1.30 bits per heavy atom. The largest absolute Gasteiger partial charge is 0.457 e. The van der Waals surface area contributed by atoms with Gasteiger partial charge >= 0.3 is 5.97 Å². The number of carbonyl (C=O) groups excluding carboxylic acids is 1. The predicted molar refractivity (Wildman–Crippen MR) is 76.1 cm³/mol. The molecule has 0 fully saturated rings. The minimum atomic E-state index is -0.547. The average molecular weight is 294 g/mol. The van der Waals surface area contributed by atoms with Gasteiger partial charge in [0.25, 0.3) is 0 Å². The molecule has 0 aliphatic rings. The number of anilines is 1. The SMILES string of the molecule is Cc1cc(N)cc(C(=O)OCc2ccc(Cl)cc2F)c1. The van der Waals surface area contributed by atoms with Crippen molar-refractivity contribution in [3.63, 3.8) is 0 Å². The van der Waals surface area contributed by atoms with E-state index in [0.29, 0.717) is 16.3 Å². The Morgan fingerprint density at radius 2 is 2.05 bits per heavy atom. The highest BCUT2D eigenvalue weighted by Crippen LogP contribution is 2.17. The fraction of sp³-hybridized carbons (Fsp3) is 0.133. The molecule has 0 saturated carbocycles. The Hall–Kier alpha value is -2.07. The lowest BCUT2D eigenvalue weighted by atomic mass is 10.1. The van der Waals surface area contributed by atoms with Gasteiger partial charge in [-0.1, -0.05) is 17.7 Å². The van der Waals surface area contributed by atoms with Crippen molar-refractivity contribution in [1.82, 2.24) is 0 Å². The maximum atomic E-state index is 13.5. The monoisotopic (exact) mass is 293 g/mol. The minimum Gasteiger partial charge on any atom is -0.457 e. The van der Waals surface area contributed by atoms with Gasteiger partial charge in [-0.25, -0.2) is 9.18 Å². The third-order valence-corrected chi connectivity index (χ3v) is 2.94. The van der Waals surface area contributed by atoms with Gasteiger partial charge in [0, 0.05) is 16.3 Å². The number of ether oxygens (including phenoxy) is 1. The van der Waals surface area contributed by atoms with Crippen molar-refractivity contribution < 1.29 is 13.9 Å². The van der Waals surface area contributed by atoms with Crippen LogP contribution in [0.2, 0.25) is 5.02 Å². The van der Waals surface area contributed by atoms with Crippen LogP contribution in [0.3, 0.4) is 0 Å². The van der Waals surface area contributed by atoms with Crippen LogP contribution in [-0.2, 0) is 11.3 Å². The molecule has 104 valence electrons. The quantitative estimate of drug-likeness (QED) is 0.693. The first-order valence-electron chi connectivity index (χ1n) is 5.94. The molecule has 0 bridgehead atoms. The molecule has 0 heterocycles. The fourth-order valence-electron chi connectivity index (χ4n) is 1.80. The highest BCUT2D eigenvalue weighted by atomic mass is 35.5. The standard InChI is InChI=1S/C15H13ClFNO2/c1-9-4-11(6-13(18)5-9)15(19)20-8-10-2-3-12(16)7-14(10)17/h2-7H,8,18H2,1H3. The van der Waals surface area contributed by atoms with Crippen LogP contribution < -0.4 is 5.73 Å². The lowest BCUT2D eigenvalue weighted by Crippen LogP contribution is -2.07. The van der Waals surface area contributed by atoms with Crippen LogP contribution >= 0.6 is 11.6 Å². The first kappa shape index (κ1) is 14.3. The van der Waals surface area contributed by atoms with Crippen molar-refractivity contribution in [2.45, 2.75) is 13.5 Å². The van der Waals surface area contributed by atoms with Crippen LogP contribution in [0, 0.1) is 12.7 Å². The van der Waals surface area contributed by atoms with E-state index in [0.717, 1.165) is 5.56 Å². The summed E-state index contributed by atoms with van der Waals surface area (Å²) in [5.41, 5.74) is 7.61. The normalized spacial score (nSPS) is 10.3.